The van der Waals surface area contributed by atoms with Gasteiger partial charge in [0.2, 0.25) is 0 Å². The Kier molecular flexibility index (Phi) is 17.9. The lowest BCUT2D eigenvalue weighted by Gasteiger charge is -2.15. The molecule has 1 atom stereocenters. The maximum absolute atomic E-state index is 6.21. The molecule has 2 heteroatoms. The zero-order valence-corrected chi connectivity index (χ0v) is 27.8. The highest BCUT2D eigenvalue weighted by atomic mass is 16.5. The molecule has 0 saturated heterocycles. The van der Waals surface area contributed by atoms with E-state index in [1.807, 2.05) is 0 Å². The third-order valence-electron chi connectivity index (χ3n) is 8.67. The van der Waals surface area contributed by atoms with Gasteiger partial charge in [0.05, 0.1) is 12.7 Å². The van der Waals surface area contributed by atoms with Gasteiger partial charge in [0.15, 0.2) is 0 Å². The summed E-state index contributed by atoms with van der Waals surface area (Å²) >= 11 is 0. The normalized spacial score (nSPS) is 12.0. The van der Waals surface area contributed by atoms with E-state index in [0.717, 1.165) is 31.8 Å². The van der Waals surface area contributed by atoms with Crippen LogP contribution in [0.5, 0.6) is 5.75 Å². The monoisotopic (exact) mass is 584 g/mol. The van der Waals surface area contributed by atoms with E-state index in [9.17, 15) is 0 Å². The van der Waals surface area contributed by atoms with Crippen molar-refractivity contribution in [1.29, 1.82) is 0 Å². The third kappa shape index (κ3) is 13.7. The Hall–Kier alpha value is -2.58. The van der Waals surface area contributed by atoms with Crippen LogP contribution in [-0.4, -0.2) is 13.2 Å². The standard InChI is InChI=1S/C41H60O2/c1-4-6-8-10-11-12-13-14-15-16-17-18-22-33-42-35(3)36-25-27-37(28-26-36)40-23-19-20-24-41(40)38-29-31-39(32-30-38)43-34-21-9-7-5-2/h19-20,23-32,35H,4-18,21-22,33-34H2,1-3H3. The van der Waals surface area contributed by atoms with Crippen molar-refractivity contribution >= 4 is 0 Å². The predicted molar refractivity (Wildman–Crippen MR) is 187 cm³/mol. The molecule has 43 heavy (non-hydrogen) atoms. The van der Waals surface area contributed by atoms with Crippen molar-refractivity contribution < 1.29 is 9.47 Å². The van der Waals surface area contributed by atoms with Gasteiger partial charge in [0.1, 0.15) is 5.75 Å². The van der Waals surface area contributed by atoms with E-state index in [0.29, 0.717) is 0 Å². The van der Waals surface area contributed by atoms with E-state index in [4.69, 9.17) is 9.47 Å². The number of hydrogen-bond acceptors (Lipinski definition) is 2. The van der Waals surface area contributed by atoms with Crippen LogP contribution in [0.1, 0.15) is 142 Å². The Morgan fingerprint density at radius 2 is 0.884 bits per heavy atom. The zero-order valence-electron chi connectivity index (χ0n) is 27.8. The molecular weight excluding hydrogens is 524 g/mol. The molecule has 0 radical (unpaired) electrons. The Bertz CT molecular complexity index is 1090. The summed E-state index contributed by atoms with van der Waals surface area (Å²) in [6.45, 7) is 8.35. The summed E-state index contributed by atoms with van der Waals surface area (Å²) in [4.78, 5) is 0. The second kappa shape index (κ2) is 22.0. The van der Waals surface area contributed by atoms with Crippen LogP contribution < -0.4 is 4.74 Å². The van der Waals surface area contributed by atoms with Gasteiger partial charge in [0.25, 0.3) is 0 Å². The molecule has 0 fully saturated rings. The minimum atomic E-state index is 0.121. The first kappa shape index (κ1) is 34.9. The number of benzene rings is 3. The van der Waals surface area contributed by atoms with Crippen molar-refractivity contribution in [2.45, 2.75) is 136 Å². The summed E-state index contributed by atoms with van der Waals surface area (Å²) in [6.07, 6.45) is 23.0. The molecule has 1 unspecified atom stereocenters. The van der Waals surface area contributed by atoms with Crippen molar-refractivity contribution in [3.8, 4) is 28.0 Å². The molecule has 0 aliphatic rings. The van der Waals surface area contributed by atoms with Crippen LogP contribution in [0.3, 0.4) is 0 Å². The maximum atomic E-state index is 6.21. The molecule has 0 amide bonds. The smallest absolute Gasteiger partial charge is 0.119 e. The summed E-state index contributed by atoms with van der Waals surface area (Å²) in [7, 11) is 0. The number of unbranched alkanes of at least 4 members (excludes halogenated alkanes) is 15. The van der Waals surface area contributed by atoms with Gasteiger partial charge >= 0.3 is 0 Å². The Morgan fingerprint density at radius 1 is 0.465 bits per heavy atom. The van der Waals surface area contributed by atoms with Gasteiger partial charge < -0.3 is 9.47 Å². The average Bonchev–Trinajstić information content (AvgIpc) is 3.05. The third-order valence-corrected chi connectivity index (χ3v) is 8.67. The molecule has 0 aliphatic heterocycles. The maximum Gasteiger partial charge on any atom is 0.119 e. The number of hydrogen-bond donors (Lipinski definition) is 0. The van der Waals surface area contributed by atoms with Crippen molar-refractivity contribution in [3.05, 3.63) is 78.4 Å². The van der Waals surface area contributed by atoms with Crippen LogP contribution in [0, 0.1) is 0 Å². The van der Waals surface area contributed by atoms with Gasteiger partial charge in [-0.15, -0.1) is 0 Å². The second-order valence-corrected chi connectivity index (χ2v) is 12.4. The molecule has 0 heterocycles. The first-order chi connectivity index (χ1) is 21.2. The highest BCUT2D eigenvalue weighted by Gasteiger charge is 2.10. The molecule has 236 valence electrons. The molecule has 0 N–H and O–H groups in total. The SMILES string of the molecule is CCCCCCCCCCCCCCCOC(C)c1ccc(-c2ccccc2-c2ccc(OCCCCCC)cc2)cc1. The molecule has 3 aromatic carbocycles. The Morgan fingerprint density at radius 3 is 1.40 bits per heavy atom. The topological polar surface area (TPSA) is 18.5 Å². The zero-order chi connectivity index (χ0) is 30.4. The molecule has 0 bridgehead atoms. The molecule has 0 saturated carbocycles. The lowest BCUT2D eigenvalue weighted by Crippen LogP contribution is -2.02. The van der Waals surface area contributed by atoms with E-state index in [1.54, 1.807) is 0 Å². The van der Waals surface area contributed by atoms with Crippen molar-refractivity contribution in [3.63, 3.8) is 0 Å². The van der Waals surface area contributed by atoms with Gasteiger partial charge in [-0.25, -0.2) is 0 Å². The van der Waals surface area contributed by atoms with Crippen LogP contribution in [0.2, 0.25) is 0 Å². The molecular formula is C41H60O2. The summed E-state index contributed by atoms with van der Waals surface area (Å²) in [5.41, 5.74) is 6.20. The highest BCUT2D eigenvalue weighted by molar-refractivity contribution is 5.83. The Labute approximate surface area is 264 Å². The van der Waals surface area contributed by atoms with Gasteiger partial charge in [0, 0.05) is 6.61 Å². The number of rotatable bonds is 24. The Balaban J connectivity index is 1.36. The van der Waals surface area contributed by atoms with E-state index in [1.165, 1.54) is 124 Å². The number of ether oxygens (including phenoxy) is 2. The lowest BCUT2D eigenvalue weighted by atomic mass is 9.94. The fourth-order valence-electron chi connectivity index (χ4n) is 5.85. The first-order valence-corrected chi connectivity index (χ1v) is 17.8. The summed E-state index contributed by atoms with van der Waals surface area (Å²) in [5, 5.41) is 0. The summed E-state index contributed by atoms with van der Waals surface area (Å²) in [5.74, 6) is 0.954. The summed E-state index contributed by atoms with van der Waals surface area (Å²) < 4.78 is 12.2. The van der Waals surface area contributed by atoms with E-state index < -0.39 is 0 Å². The minimum absolute atomic E-state index is 0.121. The quantitative estimate of drug-likeness (QED) is 0.0975. The second-order valence-electron chi connectivity index (χ2n) is 12.4. The average molecular weight is 585 g/mol. The van der Waals surface area contributed by atoms with Crippen molar-refractivity contribution in [2.24, 2.45) is 0 Å². The minimum Gasteiger partial charge on any atom is -0.494 e. The van der Waals surface area contributed by atoms with Crippen LogP contribution in [-0.2, 0) is 4.74 Å². The molecule has 0 aliphatic carbocycles. The molecule has 3 rings (SSSR count). The molecule has 3 aromatic rings. The predicted octanol–water partition coefficient (Wildman–Crippen LogP) is 13.1. The van der Waals surface area contributed by atoms with E-state index in [-0.39, 0.29) is 6.10 Å². The highest BCUT2D eigenvalue weighted by Crippen LogP contribution is 2.33. The van der Waals surface area contributed by atoms with Crippen LogP contribution in [0.4, 0.5) is 0 Å². The van der Waals surface area contributed by atoms with Gasteiger partial charge in [-0.1, -0.05) is 171 Å². The largest absolute Gasteiger partial charge is 0.494 e. The van der Waals surface area contributed by atoms with E-state index in [2.05, 4.69) is 93.6 Å². The van der Waals surface area contributed by atoms with Gasteiger partial charge in [-0.05, 0) is 59.7 Å². The van der Waals surface area contributed by atoms with Crippen LogP contribution >= 0.6 is 0 Å². The first-order valence-electron chi connectivity index (χ1n) is 17.8. The van der Waals surface area contributed by atoms with Gasteiger partial charge in [-0.3, -0.25) is 0 Å². The summed E-state index contributed by atoms with van der Waals surface area (Å²) in [6, 6.07) is 26.2. The van der Waals surface area contributed by atoms with Crippen LogP contribution in [0.15, 0.2) is 72.8 Å². The molecule has 2 nitrogen and oxygen atoms in total. The van der Waals surface area contributed by atoms with Crippen molar-refractivity contribution in [2.75, 3.05) is 13.2 Å². The molecule has 0 spiro atoms. The van der Waals surface area contributed by atoms with E-state index >= 15 is 0 Å². The van der Waals surface area contributed by atoms with Gasteiger partial charge in [-0.2, -0.15) is 0 Å². The molecule has 0 aromatic heterocycles. The fourth-order valence-corrected chi connectivity index (χ4v) is 5.85. The fraction of sp³-hybridized carbons (Fsp3) is 0.561. The van der Waals surface area contributed by atoms with Crippen LogP contribution in [0.25, 0.3) is 22.3 Å². The van der Waals surface area contributed by atoms with Crippen molar-refractivity contribution in [1.82, 2.24) is 0 Å². The lowest BCUT2D eigenvalue weighted by molar-refractivity contribution is 0.0627.